The molecule has 1 amide bonds. The summed E-state index contributed by atoms with van der Waals surface area (Å²) in [5, 5.41) is 7.53. The number of hydrogen-bond acceptors (Lipinski definition) is 5. The Morgan fingerprint density at radius 2 is 2.04 bits per heavy atom. The topological polar surface area (TPSA) is 72.3 Å². The molecule has 3 heterocycles. The summed E-state index contributed by atoms with van der Waals surface area (Å²) in [5.41, 5.74) is 1.35. The lowest BCUT2D eigenvalue weighted by molar-refractivity contribution is -0.00923. The van der Waals surface area contributed by atoms with Gasteiger partial charge in [0, 0.05) is 31.4 Å². The third-order valence-electron chi connectivity index (χ3n) is 5.01. The molecule has 0 saturated carbocycles. The third-order valence-corrected chi connectivity index (χ3v) is 5.01. The van der Waals surface area contributed by atoms with Crippen molar-refractivity contribution in [1.82, 2.24) is 25.0 Å². The number of carbonyl (C=O) groups excluding carboxylic acids is 1. The molecule has 1 saturated heterocycles. The van der Waals surface area contributed by atoms with Gasteiger partial charge in [0.05, 0.1) is 30.7 Å². The summed E-state index contributed by atoms with van der Waals surface area (Å²) in [4.78, 5) is 19.6. The number of aromatic nitrogens is 3. The van der Waals surface area contributed by atoms with E-state index in [1.807, 2.05) is 18.2 Å². The second-order valence-electron chi connectivity index (χ2n) is 7.79. The average Bonchev–Trinajstić information content (AvgIpc) is 3.13. The first-order chi connectivity index (χ1) is 12.9. The predicted molar refractivity (Wildman–Crippen MR) is 104 cm³/mol. The van der Waals surface area contributed by atoms with Crippen LogP contribution in [-0.4, -0.2) is 64.0 Å². The van der Waals surface area contributed by atoms with Gasteiger partial charge < -0.3 is 10.1 Å². The number of carbonyl (C=O) groups is 1. The van der Waals surface area contributed by atoms with E-state index in [0.717, 1.165) is 32.0 Å². The van der Waals surface area contributed by atoms with E-state index < -0.39 is 0 Å². The highest BCUT2D eigenvalue weighted by Gasteiger charge is 2.29. The summed E-state index contributed by atoms with van der Waals surface area (Å²) in [6, 6.07) is 5.67. The maximum atomic E-state index is 12.9. The molecule has 0 bridgehead atoms. The molecule has 7 nitrogen and oxygen atoms in total. The summed E-state index contributed by atoms with van der Waals surface area (Å²) >= 11 is 0. The van der Waals surface area contributed by atoms with Crippen molar-refractivity contribution in [2.24, 2.45) is 0 Å². The quantitative estimate of drug-likeness (QED) is 0.843. The Morgan fingerprint density at radius 3 is 2.67 bits per heavy atom. The van der Waals surface area contributed by atoms with Crippen LogP contribution in [0.25, 0.3) is 5.82 Å². The van der Waals surface area contributed by atoms with Crippen molar-refractivity contribution in [3.8, 4) is 5.82 Å². The Bertz CT molecular complexity index is 764. The van der Waals surface area contributed by atoms with Gasteiger partial charge in [-0.1, -0.05) is 19.9 Å². The van der Waals surface area contributed by atoms with Gasteiger partial charge in [0.2, 0.25) is 0 Å². The van der Waals surface area contributed by atoms with Crippen LogP contribution in [0.3, 0.4) is 0 Å². The van der Waals surface area contributed by atoms with Crippen molar-refractivity contribution in [2.75, 3.05) is 32.8 Å². The van der Waals surface area contributed by atoms with E-state index in [2.05, 4.69) is 48.0 Å². The predicted octanol–water partition coefficient (Wildman–Crippen LogP) is 2.23. The van der Waals surface area contributed by atoms with Gasteiger partial charge in [-0.2, -0.15) is 5.10 Å². The second kappa shape index (κ2) is 8.19. The Hall–Kier alpha value is -2.25. The first-order valence-corrected chi connectivity index (χ1v) is 9.50. The molecule has 0 aliphatic carbocycles. The number of amides is 1. The Kier molecular flexibility index (Phi) is 5.92. The molecule has 27 heavy (non-hydrogen) atoms. The number of nitrogens with one attached hydrogen (secondary N) is 1. The maximum absolute atomic E-state index is 12.9. The number of pyridine rings is 1. The minimum Gasteiger partial charge on any atom is -0.379 e. The summed E-state index contributed by atoms with van der Waals surface area (Å²) in [7, 11) is 0. The van der Waals surface area contributed by atoms with E-state index in [1.54, 1.807) is 17.1 Å². The van der Waals surface area contributed by atoms with Crippen molar-refractivity contribution in [3.05, 3.63) is 41.9 Å². The first kappa shape index (κ1) is 19.5. The van der Waals surface area contributed by atoms with Crippen molar-refractivity contribution in [3.63, 3.8) is 0 Å². The van der Waals surface area contributed by atoms with Gasteiger partial charge >= 0.3 is 0 Å². The van der Waals surface area contributed by atoms with Gasteiger partial charge in [-0.3, -0.25) is 9.69 Å². The smallest absolute Gasteiger partial charge is 0.254 e. The average molecular weight is 371 g/mol. The number of ether oxygens (including phenoxy) is 1. The highest BCUT2D eigenvalue weighted by molar-refractivity contribution is 5.95. The van der Waals surface area contributed by atoms with Crippen LogP contribution in [-0.2, 0) is 4.74 Å². The molecule has 1 aliphatic rings. The molecule has 0 radical (unpaired) electrons. The van der Waals surface area contributed by atoms with Gasteiger partial charge in [-0.15, -0.1) is 0 Å². The zero-order chi connectivity index (χ0) is 19.4. The van der Waals surface area contributed by atoms with Crippen molar-refractivity contribution < 1.29 is 9.53 Å². The summed E-state index contributed by atoms with van der Waals surface area (Å²) in [6.45, 7) is 12.2. The molecular formula is C20H29N5O2. The third kappa shape index (κ3) is 4.36. The molecule has 0 unspecified atom stereocenters. The molecule has 2 aromatic rings. The second-order valence-corrected chi connectivity index (χ2v) is 7.79. The fraction of sp³-hybridized carbons (Fsp3) is 0.550. The largest absolute Gasteiger partial charge is 0.379 e. The number of morpholine rings is 1. The molecular weight excluding hydrogens is 342 g/mol. The van der Waals surface area contributed by atoms with Gasteiger partial charge in [0.1, 0.15) is 0 Å². The minimum atomic E-state index is -0.131. The Morgan fingerprint density at radius 1 is 1.30 bits per heavy atom. The molecule has 0 aromatic carbocycles. The van der Waals surface area contributed by atoms with Gasteiger partial charge in [-0.25, -0.2) is 9.67 Å². The summed E-state index contributed by atoms with van der Waals surface area (Å²) in [6.07, 6.45) is 3.37. The SMILES string of the molecule is CC(C)c1c(C(=O)NCC(C)(C)N2CCOCC2)cnn1-c1ccccn1. The maximum Gasteiger partial charge on any atom is 0.254 e. The molecule has 0 spiro atoms. The molecule has 1 aliphatic heterocycles. The zero-order valence-corrected chi connectivity index (χ0v) is 16.6. The monoisotopic (exact) mass is 371 g/mol. The van der Waals surface area contributed by atoms with Gasteiger partial charge in [-0.05, 0) is 31.9 Å². The van der Waals surface area contributed by atoms with E-state index >= 15 is 0 Å². The minimum absolute atomic E-state index is 0.0952. The number of nitrogens with zero attached hydrogens (tertiary/aromatic N) is 4. The summed E-state index contributed by atoms with van der Waals surface area (Å²) in [5.74, 6) is 0.763. The highest BCUT2D eigenvalue weighted by atomic mass is 16.5. The van der Waals surface area contributed by atoms with Crippen LogP contribution in [0.1, 0.15) is 49.7 Å². The van der Waals surface area contributed by atoms with Crippen molar-refractivity contribution in [1.29, 1.82) is 0 Å². The fourth-order valence-electron chi connectivity index (χ4n) is 3.42. The molecule has 146 valence electrons. The van der Waals surface area contributed by atoms with Crippen LogP contribution in [0, 0.1) is 0 Å². The molecule has 1 N–H and O–H groups in total. The van der Waals surface area contributed by atoms with E-state index in [-0.39, 0.29) is 17.4 Å². The van der Waals surface area contributed by atoms with Crippen molar-refractivity contribution in [2.45, 2.75) is 39.2 Å². The molecule has 0 atom stereocenters. The summed E-state index contributed by atoms with van der Waals surface area (Å²) < 4.78 is 7.19. The number of hydrogen-bond donors (Lipinski definition) is 1. The van der Waals surface area contributed by atoms with E-state index in [0.29, 0.717) is 17.9 Å². The van der Waals surface area contributed by atoms with E-state index in [9.17, 15) is 4.79 Å². The van der Waals surface area contributed by atoms with Crippen LogP contribution in [0.5, 0.6) is 0 Å². The highest BCUT2D eigenvalue weighted by Crippen LogP contribution is 2.22. The molecule has 3 rings (SSSR count). The number of rotatable bonds is 6. The molecule has 7 heteroatoms. The van der Waals surface area contributed by atoms with Crippen LogP contribution in [0.4, 0.5) is 0 Å². The van der Waals surface area contributed by atoms with Crippen molar-refractivity contribution >= 4 is 5.91 Å². The first-order valence-electron chi connectivity index (χ1n) is 9.50. The van der Waals surface area contributed by atoms with Crippen LogP contribution in [0.15, 0.2) is 30.6 Å². The van der Waals surface area contributed by atoms with Gasteiger partial charge in [0.25, 0.3) is 5.91 Å². The normalized spacial score (nSPS) is 15.9. The van der Waals surface area contributed by atoms with Crippen LogP contribution in [0.2, 0.25) is 0 Å². The standard InChI is InChI=1S/C20H29N5O2/c1-15(2)18-16(13-23-25(18)17-7-5-6-8-21-17)19(26)22-14-20(3,4)24-9-11-27-12-10-24/h5-8,13,15H,9-12,14H2,1-4H3,(H,22,26). The van der Waals surface area contributed by atoms with Crippen LogP contribution >= 0.6 is 0 Å². The van der Waals surface area contributed by atoms with E-state index in [1.165, 1.54) is 0 Å². The van der Waals surface area contributed by atoms with Crippen LogP contribution < -0.4 is 5.32 Å². The molecule has 2 aromatic heterocycles. The lowest BCUT2D eigenvalue weighted by Gasteiger charge is -2.40. The Labute approximate surface area is 160 Å². The molecule has 1 fully saturated rings. The van der Waals surface area contributed by atoms with Gasteiger partial charge in [0.15, 0.2) is 5.82 Å². The zero-order valence-electron chi connectivity index (χ0n) is 16.6. The lowest BCUT2D eigenvalue weighted by atomic mass is 10.0. The Balaban J connectivity index is 1.76. The lowest BCUT2D eigenvalue weighted by Crippen LogP contribution is -2.55. The van der Waals surface area contributed by atoms with E-state index in [4.69, 9.17) is 4.74 Å². The fourth-order valence-corrected chi connectivity index (χ4v) is 3.42.